The van der Waals surface area contributed by atoms with Crippen LogP contribution in [0.5, 0.6) is 0 Å². The van der Waals surface area contributed by atoms with Gasteiger partial charge in [-0.3, -0.25) is 4.79 Å². The Balaban J connectivity index is 2.10. The molecule has 0 aromatic heterocycles. The van der Waals surface area contributed by atoms with E-state index < -0.39 is 11.9 Å². The number of aliphatic carboxylic acids is 1. The molecule has 0 saturated heterocycles. The molecule has 5 nitrogen and oxygen atoms in total. The second kappa shape index (κ2) is 8.82. The van der Waals surface area contributed by atoms with Crippen LogP contribution < -0.4 is 5.32 Å². The number of carbonyl (C=O) groups is 2. The van der Waals surface area contributed by atoms with Crippen molar-refractivity contribution >= 4 is 12.0 Å². The van der Waals surface area contributed by atoms with Crippen molar-refractivity contribution in [3.8, 4) is 0 Å². The van der Waals surface area contributed by atoms with Gasteiger partial charge in [0.25, 0.3) is 0 Å². The van der Waals surface area contributed by atoms with E-state index in [2.05, 4.69) is 5.32 Å². The van der Waals surface area contributed by atoms with Crippen LogP contribution >= 0.6 is 0 Å². The predicted molar refractivity (Wildman–Crippen MR) is 78.6 cm³/mol. The standard InChI is InChI=1S/C15H28N2O3/c1-12(14(18)19)11-17(2)15(20)16-10-6-9-13-7-4-3-5-8-13/h12-13H,3-11H2,1-2H3,(H,16,20)(H,18,19). The third-order valence-corrected chi connectivity index (χ3v) is 4.11. The van der Waals surface area contributed by atoms with Crippen molar-refractivity contribution in [1.29, 1.82) is 0 Å². The van der Waals surface area contributed by atoms with Gasteiger partial charge in [-0.1, -0.05) is 39.0 Å². The summed E-state index contributed by atoms with van der Waals surface area (Å²) in [6.45, 7) is 2.53. The Kier molecular flexibility index (Phi) is 7.41. The number of carboxylic acid groups (broad SMARTS) is 1. The highest BCUT2D eigenvalue weighted by molar-refractivity contribution is 5.75. The van der Waals surface area contributed by atoms with E-state index in [1.807, 2.05) is 0 Å². The largest absolute Gasteiger partial charge is 0.481 e. The van der Waals surface area contributed by atoms with Crippen LogP contribution in [0.2, 0.25) is 0 Å². The molecule has 1 aliphatic rings. The lowest BCUT2D eigenvalue weighted by Gasteiger charge is -2.22. The summed E-state index contributed by atoms with van der Waals surface area (Å²) in [5.74, 6) is -0.569. The van der Waals surface area contributed by atoms with Crippen LogP contribution in [-0.4, -0.2) is 42.1 Å². The van der Waals surface area contributed by atoms with E-state index >= 15 is 0 Å². The Morgan fingerprint density at radius 2 is 1.95 bits per heavy atom. The molecule has 0 bridgehead atoms. The lowest BCUT2D eigenvalue weighted by Crippen LogP contribution is -2.41. The minimum absolute atomic E-state index is 0.179. The van der Waals surface area contributed by atoms with E-state index in [9.17, 15) is 9.59 Å². The highest BCUT2D eigenvalue weighted by atomic mass is 16.4. The summed E-state index contributed by atoms with van der Waals surface area (Å²) in [6, 6.07) is -0.179. The van der Waals surface area contributed by atoms with Gasteiger partial charge in [0.1, 0.15) is 0 Å². The number of urea groups is 1. The molecule has 0 radical (unpaired) electrons. The Morgan fingerprint density at radius 1 is 1.30 bits per heavy atom. The van der Waals surface area contributed by atoms with Crippen molar-refractivity contribution < 1.29 is 14.7 Å². The van der Waals surface area contributed by atoms with Gasteiger partial charge in [0, 0.05) is 20.1 Å². The quantitative estimate of drug-likeness (QED) is 0.706. The maximum atomic E-state index is 11.8. The van der Waals surface area contributed by atoms with E-state index in [1.165, 1.54) is 43.4 Å². The number of amides is 2. The molecule has 116 valence electrons. The van der Waals surface area contributed by atoms with Gasteiger partial charge >= 0.3 is 12.0 Å². The summed E-state index contributed by atoms with van der Waals surface area (Å²) in [4.78, 5) is 24.0. The number of carboxylic acids is 1. The first kappa shape index (κ1) is 16.8. The van der Waals surface area contributed by atoms with E-state index in [0.29, 0.717) is 6.54 Å². The SMILES string of the molecule is CC(CN(C)C(=O)NCCCC1CCCCC1)C(=O)O. The second-order valence-corrected chi connectivity index (χ2v) is 6.00. The van der Waals surface area contributed by atoms with Gasteiger partial charge in [-0.15, -0.1) is 0 Å². The van der Waals surface area contributed by atoms with E-state index in [1.54, 1.807) is 14.0 Å². The highest BCUT2D eigenvalue weighted by Crippen LogP contribution is 2.26. The smallest absolute Gasteiger partial charge is 0.317 e. The topological polar surface area (TPSA) is 69.6 Å². The first-order chi connectivity index (χ1) is 9.50. The second-order valence-electron chi connectivity index (χ2n) is 6.00. The summed E-state index contributed by atoms with van der Waals surface area (Å²) in [5, 5.41) is 11.7. The van der Waals surface area contributed by atoms with Crippen molar-refractivity contribution in [1.82, 2.24) is 10.2 Å². The average Bonchev–Trinajstić information content (AvgIpc) is 2.44. The minimum atomic E-state index is -0.873. The zero-order valence-electron chi connectivity index (χ0n) is 12.7. The first-order valence-electron chi connectivity index (χ1n) is 7.72. The first-order valence-corrected chi connectivity index (χ1v) is 7.72. The van der Waals surface area contributed by atoms with Gasteiger partial charge in [0.05, 0.1) is 5.92 Å². The summed E-state index contributed by atoms with van der Waals surface area (Å²) in [6.07, 6.45) is 8.96. The molecule has 1 rings (SSSR count). The lowest BCUT2D eigenvalue weighted by molar-refractivity contribution is -0.141. The minimum Gasteiger partial charge on any atom is -0.481 e. The highest BCUT2D eigenvalue weighted by Gasteiger charge is 2.17. The lowest BCUT2D eigenvalue weighted by atomic mass is 9.86. The van der Waals surface area contributed by atoms with Gasteiger partial charge in [-0.25, -0.2) is 4.79 Å². The zero-order valence-corrected chi connectivity index (χ0v) is 12.7. The number of rotatable bonds is 7. The van der Waals surface area contributed by atoms with E-state index in [4.69, 9.17) is 5.11 Å². The number of hydrogen-bond donors (Lipinski definition) is 2. The Bertz CT molecular complexity index is 314. The molecule has 1 atom stereocenters. The molecule has 1 aliphatic carbocycles. The molecular weight excluding hydrogens is 256 g/mol. The van der Waals surface area contributed by atoms with E-state index in [0.717, 1.165) is 12.3 Å². The molecule has 0 aliphatic heterocycles. The Labute approximate surface area is 121 Å². The van der Waals surface area contributed by atoms with Gasteiger partial charge in [-0.2, -0.15) is 0 Å². The monoisotopic (exact) mass is 284 g/mol. The maximum Gasteiger partial charge on any atom is 0.317 e. The van der Waals surface area contributed by atoms with Crippen molar-refractivity contribution in [2.45, 2.75) is 51.9 Å². The molecule has 1 fully saturated rings. The Hall–Kier alpha value is -1.26. The molecule has 2 amide bonds. The molecule has 1 saturated carbocycles. The van der Waals surface area contributed by atoms with Crippen LogP contribution in [-0.2, 0) is 4.79 Å². The van der Waals surface area contributed by atoms with Gasteiger partial charge in [-0.05, 0) is 18.8 Å². The fourth-order valence-corrected chi connectivity index (χ4v) is 2.77. The molecular formula is C15H28N2O3. The fourth-order valence-electron chi connectivity index (χ4n) is 2.77. The molecule has 0 heterocycles. The van der Waals surface area contributed by atoms with Crippen LogP contribution in [0.1, 0.15) is 51.9 Å². The molecule has 20 heavy (non-hydrogen) atoms. The Morgan fingerprint density at radius 3 is 2.55 bits per heavy atom. The number of nitrogens with zero attached hydrogens (tertiary/aromatic N) is 1. The number of nitrogens with one attached hydrogen (secondary N) is 1. The van der Waals surface area contributed by atoms with Crippen LogP contribution in [0.25, 0.3) is 0 Å². The molecule has 1 unspecified atom stereocenters. The van der Waals surface area contributed by atoms with Crippen molar-refractivity contribution in [2.75, 3.05) is 20.1 Å². The normalized spacial score (nSPS) is 17.5. The number of hydrogen-bond acceptors (Lipinski definition) is 2. The molecule has 5 heteroatoms. The fraction of sp³-hybridized carbons (Fsp3) is 0.867. The van der Waals surface area contributed by atoms with Gasteiger partial charge in [0.15, 0.2) is 0 Å². The van der Waals surface area contributed by atoms with Crippen LogP contribution in [0.4, 0.5) is 4.79 Å². The molecule has 0 aromatic rings. The van der Waals surface area contributed by atoms with Crippen molar-refractivity contribution in [3.63, 3.8) is 0 Å². The molecule has 0 spiro atoms. The van der Waals surface area contributed by atoms with Crippen molar-refractivity contribution in [2.24, 2.45) is 11.8 Å². The summed E-state index contributed by atoms with van der Waals surface area (Å²) in [7, 11) is 1.63. The average molecular weight is 284 g/mol. The van der Waals surface area contributed by atoms with Crippen molar-refractivity contribution in [3.05, 3.63) is 0 Å². The molecule has 0 aromatic carbocycles. The maximum absolute atomic E-state index is 11.8. The van der Waals surface area contributed by atoms with Crippen LogP contribution in [0, 0.1) is 11.8 Å². The van der Waals surface area contributed by atoms with Gasteiger partial charge < -0.3 is 15.3 Å². The third kappa shape index (κ3) is 6.26. The summed E-state index contributed by atoms with van der Waals surface area (Å²) < 4.78 is 0. The predicted octanol–water partition coefficient (Wildman–Crippen LogP) is 2.71. The van der Waals surface area contributed by atoms with Crippen LogP contribution in [0.3, 0.4) is 0 Å². The van der Waals surface area contributed by atoms with Gasteiger partial charge in [0.2, 0.25) is 0 Å². The zero-order chi connectivity index (χ0) is 15.0. The third-order valence-electron chi connectivity index (χ3n) is 4.11. The molecule has 2 N–H and O–H groups in total. The summed E-state index contributed by atoms with van der Waals surface area (Å²) in [5.41, 5.74) is 0. The number of carbonyl (C=O) groups excluding carboxylic acids is 1. The summed E-state index contributed by atoms with van der Waals surface area (Å²) >= 11 is 0. The van der Waals surface area contributed by atoms with E-state index in [-0.39, 0.29) is 12.6 Å². The van der Waals surface area contributed by atoms with Crippen LogP contribution in [0.15, 0.2) is 0 Å².